The van der Waals surface area contributed by atoms with E-state index in [0.29, 0.717) is 5.56 Å². The van der Waals surface area contributed by atoms with Crippen molar-refractivity contribution < 1.29 is 4.79 Å². The first-order valence-electron chi connectivity index (χ1n) is 5.68. The number of amides is 1. The molecule has 2 rings (SSSR count). The molecule has 0 radical (unpaired) electrons. The molecule has 2 aromatic rings. The molecule has 0 unspecified atom stereocenters. The van der Waals surface area contributed by atoms with Crippen LogP contribution in [0.4, 0.5) is 5.69 Å². The number of aryl methyl sites for hydroxylation is 2. The van der Waals surface area contributed by atoms with Gasteiger partial charge in [-0.2, -0.15) is 0 Å². The van der Waals surface area contributed by atoms with Gasteiger partial charge in [-0.1, -0.05) is 0 Å². The van der Waals surface area contributed by atoms with E-state index in [1.807, 2.05) is 38.1 Å². The topological polar surface area (TPSA) is 42.0 Å². The fourth-order valence-corrected chi connectivity index (χ4v) is 3.10. The lowest BCUT2D eigenvalue weighted by Gasteiger charge is -2.09. The summed E-state index contributed by atoms with van der Waals surface area (Å²) in [5.41, 5.74) is 2.99. The summed E-state index contributed by atoms with van der Waals surface area (Å²) in [4.78, 5) is 16.5. The number of hydrogen-bond acceptors (Lipinski definition) is 2. The first-order chi connectivity index (χ1) is 8.97. The Balaban J connectivity index is 2.25. The van der Waals surface area contributed by atoms with E-state index in [1.54, 1.807) is 6.07 Å². The summed E-state index contributed by atoms with van der Waals surface area (Å²) in [6.07, 6.45) is 0. The molecule has 0 atom stereocenters. The highest BCUT2D eigenvalue weighted by Gasteiger charge is 2.11. The van der Waals surface area contributed by atoms with Crippen LogP contribution in [0.15, 0.2) is 34.8 Å². The summed E-state index contributed by atoms with van der Waals surface area (Å²) >= 11 is 5.67. The van der Waals surface area contributed by atoms with Gasteiger partial charge in [0.2, 0.25) is 0 Å². The maximum Gasteiger partial charge on any atom is 0.257 e. The minimum absolute atomic E-state index is 0.146. The van der Waals surface area contributed by atoms with Crippen LogP contribution >= 0.6 is 38.5 Å². The monoisotopic (exact) mass is 430 g/mol. The third-order valence-electron chi connectivity index (χ3n) is 2.65. The third kappa shape index (κ3) is 3.54. The normalized spacial score (nSPS) is 10.3. The van der Waals surface area contributed by atoms with Crippen LogP contribution in [-0.2, 0) is 0 Å². The second-order valence-corrected chi connectivity index (χ2v) is 6.26. The third-order valence-corrected chi connectivity index (χ3v) is 3.98. The van der Waals surface area contributed by atoms with Gasteiger partial charge in [-0.25, -0.2) is 0 Å². The van der Waals surface area contributed by atoms with Gasteiger partial charge in [-0.05, 0) is 82.7 Å². The van der Waals surface area contributed by atoms with Gasteiger partial charge in [0.05, 0.1) is 16.9 Å². The number of hydrogen-bond donors (Lipinski definition) is 1. The molecular weight excluding hydrogens is 419 g/mol. The number of pyridine rings is 1. The number of benzene rings is 1. The largest absolute Gasteiger partial charge is 0.321 e. The first-order valence-corrected chi connectivity index (χ1v) is 7.55. The lowest BCUT2D eigenvalue weighted by Crippen LogP contribution is -2.14. The Kier molecular flexibility index (Phi) is 4.57. The van der Waals surface area contributed by atoms with Gasteiger partial charge in [-0.15, -0.1) is 0 Å². The number of carbonyl (C=O) groups is 1. The van der Waals surface area contributed by atoms with Gasteiger partial charge < -0.3 is 5.32 Å². The Hall–Kier alpha value is -0.950. The molecule has 0 aliphatic heterocycles. The molecule has 0 aliphatic carbocycles. The van der Waals surface area contributed by atoms with Gasteiger partial charge in [-0.3, -0.25) is 9.78 Å². The number of carbonyl (C=O) groups excluding carboxylic acids is 1. The predicted octanol–water partition coefficient (Wildman–Crippen LogP) is 4.32. The van der Waals surface area contributed by atoms with Crippen LogP contribution < -0.4 is 5.32 Å². The zero-order valence-electron chi connectivity index (χ0n) is 10.5. The Morgan fingerprint density at radius 3 is 2.63 bits per heavy atom. The minimum Gasteiger partial charge on any atom is -0.321 e. The Morgan fingerprint density at radius 1 is 1.26 bits per heavy atom. The van der Waals surface area contributed by atoms with Crippen molar-refractivity contribution in [1.82, 2.24) is 4.98 Å². The highest BCUT2D eigenvalue weighted by atomic mass is 127. The Bertz CT molecular complexity index is 643. The van der Waals surface area contributed by atoms with Crippen LogP contribution in [0.2, 0.25) is 0 Å². The Morgan fingerprint density at radius 2 is 2.00 bits per heavy atom. The van der Waals surface area contributed by atoms with E-state index in [2.05, 4.69) is 48.8 Å². The number of rotatable bonds is 2. The molecule has 0 saturated heterocycles. The van der Waals surface area contributed by atoms with Crippen molar-refractivity contribution in [3.63, 3.8) is 0 Å². The van der Waals surface area contributed by atoms with Crippen LogP contribution in [-0.4, -0.2) is 10.9 Å². The number of nitrogens with one attached hydrogen (secondary N) is 1. The average molecular weight is 431 g/mol. The lowest BCUT2D eigenvalue weighted by molar-refractivity contribution is 0.102. The molecule has 0 saturated carbocycles. The molecule has 98 valence electrons. The molecule has 1 aromatic carbocycles. The molecule has 19 heavy (non-hydrogen) atoms. The van der Waals surface area contributed by atoms with Crippen molar-refractivity contribution in [3.8, 4) is 0 Å². The lowest BCUT2D eigenvalue weighted by atomic mass is 10.1. The molecule has 1 N–H and O–H groups in total. The summed E-state index contributed by atoms with van der Waals surface area (Å²) < 4.78 is 1.97. The highest BCUT2D eigenvalue weighted by Crippen LogP contribution is 2.25. The van der Waals surface area contributed by atoms with Crippen molar-refractivity contribution in [3.05, 3.63) is 55.3 Å². The molecular formula is C14H12BrIN2O. The smallest absolute Gasteiger partial charge is 0.257 e. The van der Waals surface area contributed by atoms with Gasteiger partial charge in [0, 0.05) is 13.7 Å². The van der Waals surface area contributed by atoms with Crippen LogP contribution in [0.3, 0.4) is 0 Å². The van der Waals surface area contributed by atoms with Crippen molar-refractivity contribution in [1.29, 1.82) is 0 Å². The molecule has 3 nitrogen and oxygen atoms in total. The van der Waals surface area contributed by atoms with Crippen LogP contribution in [0.25, 0.3) is 0 Å². The number of halogens is 2. The fourth-order valence-electron chi connectivity index (χ4n) is 1.71. The number of nitrogens with zero attached hydrogens (tertiary/aromatic N) is 1. The van der Waals surface area contributed by atoms with Crippen molar-refractivity contribution in [2.45, 2.75) is 13.8 Å². The average Bonchev–Trinajstić information content (AvgIpc) is 2.32. The molecule has 0 aliphatic rings. The van der Waals surface area contributed by atoms with Crippen LogP contribution in [0, 0.1) is 17.4 Å². The van der Waals surface area contributed by atoms with E-state index >= 15 is 0 Å². The first kappa shape index (κ1) is 14.5. The molecule has 1 aromatic heterocycles. The molecule has 1 heterocycles. The molecule has 0 bridgehead atoms. The van der Waals surface area contributed by atoms with E-state index < -0.39 is 0 Å². The summed E-state index contributed by atoms with van der Waals surface area (Å²) in [7, 11) is 0. The van der Waals surface area contributed by atoms with E-state index in [0.717, 1.165) is 25.1 Å². The van der Waals surface area contributed by atoms with Gasteiger partial charge in [0.15, 0.2) is 0 Å². The Labute approximate surface area is 134 Å². The maximum atomic E-state index is 12.2. The second kappa shape index (κ2) is 6.00. The quantitative estimate of drug-likeness (QED) is 0.721. The van der Waals surface area contributed by atoms with E-state index in [-0.39, 0.29) is 5.91 Å². The van der Waals surface area contributed by atoms with Gasteiger partial charge >= 0.3 is 0 Å². The zero-order chi connectivity index (χ0) is 14.0. The van der Waals surface area contributed by atoms with Crippen molar-refractivity contribution in [2.24, 2.45) is 0 Å². The fraction of sp³-hybridized carbons (Fsp3) is 0.143. The summed E-state index contributed by atoms with van der Waals surface area (Å²) in [5.74, 6) is -0.146. The van der Waals surface area contributed by atoms with Crippen molar-refractivity contribution >= 4 is 50.1 Å². The molecule has 5 heteroatoms. The van der Waals surface area contributed by atoms with Crippen LogP contribution in [0.1, 0.15) is 21.7 Å². The molecule has 0 fully saturated rings. The molecule has 0 spiro atoms. The summed E-state index contributed by atoms with van der Waals surface area (Å²) in [6.45, 7) is 3.75. The summed E-state index contributed by atoms with van der Waals surface area (Å²) in [6, 6.07) is 9.41. The standard InChI is InChI=1S/C14H12BrIN2O/c1-8-3-5-11(9(2)17-8)14(19)18-13-6-4-10(16)7-12(13)15/h3-7H,1-2H3,(H,18,19). The van der Waals surface area contributed by atoms with Crippen LogP contribution in [0.5, 0.6) is 0 Å². The van der Waals surface area contributed by atoms with E-state index in [4.69, 9.17) is 0 Å². The van der Waals surface area contributed by atoms with Gasteiger partial charge in [0.25, 0.3) is 5.91 Å². The second-order valence-electron chi connectivity index (χ2n) is 4.16. The SMILES string of the molecule is Cc1ccc(C(=O)Nc2ccc(I)cc2Br)c(C)n1. The highest BCUT2D eigenvalue weighted by molar-refractivity contribution is 14.1. The summed E-state index contributed by atoms with van der Waals surface area (Å²) in [5, 5.41) is 2.88. The zero-order valence-corrected chi connectivity index (χ0v) is 14.2. The van der Waals surface area contributed by atoms with Gasteiger partial charge in [0.1, 0.15) is 0 Å². The number of aromatic nitrogens is 1. The van der Waals surface area contributed by atoms with Crippen molar-refractivity contribution in [2.75, 3.05) is 5.32 Å². The molecule has 1 amide bonds. The maximum absolute atomic E-state index is 12.2. The minimum atomic E-state index is -0.146. The van der Waals surface area contributed by atoms with E-state index in [1.165, 1.54) is 0 Å². The predicted molar refractivity (Wildman–Crippen MR) is 88.5 cm³/mol. The van der Waals surface area contributed by atoms with E-state index in [9.17, 15) is 4.79 Å². The number of anilines is 1.